The van der Waals surface area contributed by atoms with E-state index in [0.717, 1.165) is 42.7 Å². The first-order chi connectivity index (χ1) is 10.2. The number of likely N-dealkylation sites (tertiary alicyclic amines) is 1. The molecule has 1 N–H and O–H groups in total. The number of nitrogens with zero attached hydrogens (tertiary/aromatic N) is 1. The molecule has 4 heteroatoms. The number of hydrogen-bond donors (Lipinski definition) is 1. The second-order valence-electron chi connectivity index (χ2n) is 5.82. The number of benzene rings is 1. The average molecular weight is 286 g/mol. The summed E-state index contributed by atoms with van der Waals surface area (Å²) in [7, 11) is 1.96. The molecule has 2 aromatic rings. The monoisotopic (exact) mass is 286 g/mol. The fraction of sp³-hybridized carbons (Fsp3) is 0.471. The second kappa shape index (κ2) is 5.90. The molecule has 1 aliphatic rings. The molecule has 0 radical (unpaired) electrons. The van der Waals surface area contributed by atoms with Crippen LogP contribution in [0.25, 0.3) is 11.0 Å². The van der Waals surface area contributed by atoms with Crippen LogP contribution in [-0.2, 0) is 4.79 Å². The lowest BCUT2D eigenvalue weighted by Crippen LogP contribution is -2.48. The highest BCUT2D eigenvalue weighted by Gasteiger charge is 2.28. The lowest BCUT2D eigenvalue weighted by atomic mass is 10.0. The van der Waals surface area contributed by atoms with Gasteiger partial charge in [-0.25, -0.2) is 0 Å². The lowest BCUT2D eigenvalue weighted by molar-refractivity contribution is -0.134. The van der Waals surface area contributed by atoms with Crippen LogP contribution in [0.1, 0.15) is 31.4 Å². The third-order valence-corrected chi connectivity index (χ3v) is 4.38. The van der Waals surface area contributed by atoms with Gasteiger partial charge in [-0.2, -0.15) is 0 Å². The van der Waals surface area contributed by atoms with Crippen molar-refractivity contribution in [1.82, 2.24) is 10.2 Å². The predicted octanol–water partition coefficient (Wildman–Crippen LogP) is 2.75. The van der Waals surface area contributed by atoms with Crippen LogP contribution < -0.4 is 5.32 Å². The van der Waals surface area contributed by atoms with E-state index in [9.17, 15) is 4.79 Å². The van der Waals surface area contributed by atoms with Crippen molar-refractivity contribution in [2.75, 3.05) is 20.1 Å². The molecule has 112 valence electrons. The zero-order valence-corrected chi connectivity index (χ0v) is 12.6. The first-order valence-corrected chi connectivity index (χ1v) is 7.63. The molecule has 1 aromatic carbocycles. The molecule has 0 spiro atoms. The molecule has 2 heterocycles. The molecule has 2 unspecified atom stereocenters. The van der Waals surface area contributed by atoms with E-state index < -0.39 is 0 Å². The highest BCUT2D eigenvalue weighted by atomic mass is 16.3. The van der Waals surface area contributed by atoms with Crippen molar-refractivity contribution in [1.29, 1.82) is 0 Å². The molecule has 1 fully saturated rings. The highest BCUT2D eigenvalue weighted by Crippen LogP contribution is 2.27. The summed E-state index contributed by atoms with van der Waals surface area (Å²) in [4.78, 5) is 14.6. The molecule has 3 rings (SSSR count). The number of para-hydroxylation sites is 1. The Kier molecular flexibility index (Phi) is 3.97. The van der Waals surface area contributed by atoms with E-state index in [4.69, 9.17) is 4.42 Å². The van der Waals surface area contributed by atoms with E-state index in [2.05, 4.69) is 5.32 Å². The van der Waals surface area contributed by atoms with Gasteiger partial charge in [0.15, 0.2) is 0 Å². The Morgan fingerprint density at radius 2 is 2.24 bits per heavy atom. The number of amides is 1. The maximum atomic E-state index is 12.7. The lowest BCUT2D eigenvalue weighted by Gasteiger charge is -2.33. The Morgan fingerprint density at radius 3 is 3.00 bits per heavy atom. The topological polar surface area (TPSA) is 45.5 Å². The third kappa shape index (κ3) is 2.81. The van der Waals surface area contributed by atoms with E-state index >= 15 is 0 Å². The smallest absolute Gasteiger partial charge is 0.233 e. The van der Waals surface area contributed by atoms with E-state index in [1.807, 2.05) is 49.2 Å². The summed E-state index contributed by atoms with van der Waals surface area (Å²) >= 11 is 0. The summed E-state index contributed by atoms with van der Waals surface area (Å²) in [5.74, 6) is 0.690. The Bertz CT molecular complexity index is 602. The molecule has 1 amide bonds. The van der Waals surface area contributed by atoms with Crippen LogP contribution in [0, 0.1) is 0 Å². The van der Waals surface area contributed by atoms with Gasteiger partial charge in [-0.15, -0.1) is 0 Å². The SMILES string of the molecule is CNC1CCCN(C(=O)C(C)c2cc3ccccc3o2)C1. The third-order valence-electron chi connectivity index (χ3n) is 4.38. The van der Waals surface area contributed by atoms with Gasteiger partial charge in [0.25, 0.3) is 0 Å². The van der Waals surface area contributed by atoms with Crippen molar-refractivity contribution >= 4 is 16.9 Å². The van der Waals surface area contributed by atoms with Gasteiger partial charge in [-0.1, -0.05) is 18.2 Å². The fourth-order valence-electron chi connectivity index (χ4n) is 3.02. The van der Waals surface area contributed by atoms with Gasteiger partial charge in [-0.3, -0.25) is 4.79 Å². The number of piperidine rings is 1. The molecule has 0 aliphatic carbocycles. The van der Waals surface area contributed by atoms with E-state index in [0.29, 0.717) is 6.04 Å². The van der Waals surface area contributed by atoms with Crippen LogP contribution in [0.15, 0.2) is 34.7 Å². The van der Waals surface area contributed by atoms with Gasteiger partial charge in [0.1, 0.15) is 11.3 Å². The van der Waals surface area contributed by atoms with Crippen LogP contribution in [0.4, 0.5) is 0 Å². The van der Waals surface area contributed by atoms with Crippen molar-refractivity contribution in [3.8, 4) is 0 Å². The molecule has 0 saturated carbocycles. The molecule has 1 aromatic heterocycles. The van der Waals surface area contributed by atoms with Gasteiger partial charge in [0.05, 0.1) is 5.92 Å². The summed E-state index contributed by atoms with van der Waals surface area (Å²) < 4.78 is 5.83. The molecule has 1 aliphatic heterocycles. The number of nitrogens with one attached hydrogen (secondary N) is 1. The van der Waals surface area contributed by atoms with Crippen molar-refractivity contribution in [3.05, 3.63) is 36.1 Å². The Balaban J connectivity index is 1.77. The van der Waals surface area contributed by atoms with Crippen molar-refractivity contribution in [3.63, 3.8) is 0 Å². The minimum absolute atomic E-state index is 0.161. The number of furan rings is 1. The van der Waals surface area contributed by atoms with Gasteiger partial charge >= 0.3 is 0 Å². The van der Waals surface area contributed by atoms with Gasteiger partial charge in [0, 0.05) is 24.5 Å². The largest absolute Gasteiger partial charge is 0.460 e. The average Bonchev–Trinajstić information content (AvgIpc) is 2.97. The first-order valence-electron chi connectivity index (χ1n) is 7.63. The molecule has 1 saturated heterocycles. The fourth-order valence-corrected chi connectivity index (χ4v) is 3.02. The van der Waals surface area contributed by atoms with E-state index in [1.54, 1.807) is 0 Å². The number of carbonyl (C=O) groups is 1. The molecule has 21 heavy (non-hydrogen) atoms. The zero-order valence-electron chi connectivity index (χ0n) is 12.6. The highest BCUT2D eigenvalue weighted by molar-refractivity contribution is 5.85. The standard InChI is InChI=1S/C17H22N2O2/c1-12(16-10-13-6-3-4-8-15(13)21-16)17(20)19-9-5-7-14(11-19)18-2/h3-4,6,8,10,12,14,18H,5,7,9,11H2,1-2H3. The molecular weight excluding hydrogens is 264 g/mol. The number of hydrogen-bond acceptors (Lipinski definition) is 3. The number of rotatable bonds is 3. The maximum Gasteiger partial charge on any atom is 0.233 e. The predicted molar refractivity (Wildman–Crippen MR) is 83.3 cm³/mol. The zero-order chi connectivity index (χ0) is 14.8. The van der Waals surface area contributed by atoms with Crippen molar-refractivity contribution in [2.24, 2.45) is 0 Å². The van der Waals surface area contributed by atoms with Crippen molar-refractivity contribution in [2.45, 2.75) is 31.7 Å². The van der Waals surface area contributed by atoms with E-state index in [-0.39, 0.29) is 11.8 Å². The van der Waals surface area contributed by atoms with Crippen LogP contribution >= 0.6 is 0 Å². The Hall–Kier alpha value is -1.81. The summed E-state index contributed by atoms with van der Waals surface area (Å²) in [6.07, 6.45) is 2.20. The first kappa shape index (κ1) is 14.1. The Morgan fingerprint density at radius 1 is 1.43 bits per heavy atom. The van der Waals surface area contributed by atoms with Gasteiger partial charge < -0.3 is 14.6 Å². The molecule has 0 bridgehead atoms. The van der Waals surface area contributed by atoms with Gasteiger partial charge in [-0.05, 0) is 38.9 Å². The van der Waals surface area contributed by atoms with Crippen LogP contribution in [0.5, 0.6) is 0 Å². The summed E-state index contributed by atoms with van der Waals surface area (Å²) in [6, 6.07) is 10.3. The summed E-state index contributed by atoms with van der Waals surface area (Å²) in [5, 5.41) is 4.33. The van der Waals surface area contributed by atoms with Crippen LogP contribution in [0.2, 0.25) is 0 Å². The van der Waals surface area contributed by atoms with E-state index in [1.165, 1.54) is 0 Å². The van der Waals surface area contributed by atoms with Gasteiger partial charge in [0.2, 0.25) is 5.91 Å². The molecule has 4 nitrogen and oxygen atoms in total. The number of likely N-dealkylation sites (N-methyl/N-ethyl adjacent to an activating group) is 1. The minimum atomic E-state index is -0.229. The van der Waals surface area contributed by atoms with Crippen molar-refractivity contribution < 1.29 is 9.21 Å². The maximum absolute atomic E-state index is 12.7. The number of fused-ring (bicyclic) bond motifs is 1. The molecular formula is C17H22N2O2. The Labute approximate surface area is 125 Å². The summed E-state index contributed by atoms with van der Waals surface area (Å²) in [6.45, 7) is 3.57. The second-order valence-corrected chi connectivity index (χ2v) is 5.82. The number of carbonyl (C=O) groups excluding carboxylic acids is 1. The summed E-state index contributed by atoms with van der Waals surface area (Å²) in [5.41, 5.74) is 0.846. The van der Waals surface area contributed by atoms with Crippen LogP contribution in [-0.4, -0.2) is 37.0 Å². The molecule has 2 atom stereocenters. The quantitative estimate of drug-likeness (QED) is 0.943. The normalized spacial score (nSPS) is 20.7. The minimum Gasteiger partial charge on any atom is -0.460 e. The van der Waals surface area contributed by atoms with Crippen LogP contribution in [0.3, 0.4) is 0 Å².